The van der Waals surface area contributed by atoms with Crippen LogP contribution in [0, 0.1) is 6.92 Å². The van der Waals surface area contributed by atoms with Crippen molar-refractivity contribution in [2.75, 3.05) is 26.2 Å². The van der Waals surface area contributed by atoms with Crippen molar-refractivity contribution >= 4 is 44.1 Å². The first-order valence-corrected chi connectivity index (χ1v) is 12.2. The van der Waals surface area contributed by atoms with E-state index in [1.165, 1.54) is 30.5 Å². The molecule has 0 radical (unpaired) electrons. The van der Waals surface area contributed by atoms with Crippen LogP contribution in [0.2, 0.25) is 0 Å². The number of fused-ring (bicyclic) bond motifs is 1. The largest absolute Gasteiger partial charge is 0.507 e. The molecule has 1 N–H and O–H groups in total. The molecule has 3 aromatic carbocycles. The fourth-order valence-corrected chi connectivity index (χ4v) is 5.38. The smallest absolute Gasteiger partial charge is 0.301 e. The number of rotatable bonds is 6. The zero-order valence-corrected chi connectivity index (χ0v) is 21.5. The van der Waals surface area contributed by atoms with Crippen molar-refractivity contribution in [1.29, 1.82) is 0 Å². The molecule has 37 heavy (non-hydrogen) atoms. The number of carbonyl (C=O) groups excluding carboxylic acids is 2. The second kappa shape index (κ2) is 9.59. The van der Waals surface area contributed by atoms with Gasteiger partial charge in [-0.2, -0.15) is 0 Å². The van der Waals surface area contributed by atoms with Crippen LogP contribution >= 0.6 is 11.3 Å². The molecule has 8 nitrogen and oxygen atoms in total. The van der Waals surface area contributed by atoms with Gasteiger partial charge < -0.3 is 19.3 Å². The molecule has 4 aromatic rings. The highest BCUT2D eigenvalue weighted by Crippen LogP contribution is 2.46. The summed E-state index contributed by atoms with van der Waals surface area (Å²) in [6.07, 6.45) is 0. The maximum Gasteiger partial charge on any atom is 0.301 e. The average Bonchev–Trinajstić information content (AvgIpc) is 3.45. The number of ether oxygens (including phenoxy) is 3. The van der Waals surface area contributed by atoms with Crippen molar-refractivity contribution in [2.24, 2.45) is 0 Å². The number of aromatic nitrogens is 1. The summed E-state index contributed by atoms with van der Waals surface area (Å²) in [5.74, 6) is -0.262. The first kappa shape index (κ1) is 24.3. The summed E-state index contributed by atoms with van der Waals surface area (Å²) >= 11 is 1.26. The molecule has 1 atom stereocenters. The molecule has 1 saturated heterocycles. The van der Waals surface area contributed by atoms with Gasteiger partial charge >= 0.3 is 5.91 Å². The number of nitrogens with zero attached hydrogens (tertiary/aromatic N) is 2. The van der Waals surface area contributed by atoms with Crippen LogP contribution in [0.4, 0.5) is 5.13 Å². The minimum Gasteiger partial charge on any atom is -0.507 e. The number of thiazole rings is 1. The number of aliphatic hydroxyl groups excluding tert-OH is 1. The van der Waals surface area contributed by atoms with E-state index in [9.17, 15) is 14.7 Å². The van der Waals surface area contributed by atoms with E-state index < -0.39 is 17.7 Å². The van der Waals surface area contributed by atoms with Crippen molar-refractivity contribution in [1.82, 2.24) is 4.98 Å². The summed E-state index contributed by atoms with van der Waals surface area (Å²) in [5.41, 5.74) is 2.62. The molecule has 9 heteroatoms. The van der Waals surface area contributed by atoms with Gasteiger partial charge in [0, 0.05) is 5.56 Å². The van der Waals surface area contributed by atoms with Gasteiger partial charge in [-0.1, -0.05) is 47.2 Å². The highest BCUT2D eigenvalue weighted by molar-refractivity contribution is 7.22. The standard InChI is InChI=1S/C28H24N2O6S/c1-15-5-7-16(8-6-15)25(31)23-24(17-9-12-20(35-3)21(13-17)36-4)30(27(33)26(23)32)28-29-19-11-10-18(34-2)14-22(19)37-28/h5-14,24,31H,1-4H3. The normalized spacial score (nSPS) is 16.9. The second-order valence-corrected chi connectivity index (χ2v) is 9.49. The number of carbonyl (C=O) groups is 2. The number of methoxy groups -OCH3 is 3. The van der Waals surface area contributed by atoms with E-state index in [1.54, 1.807) is 49.6 Å². The van der Waals surface area contributed by atoms with Crippen molar-refractivity contribution in [3.8, 4) is 17.2 Å². The number of hydrogen-bond donors (Lipinski definition) is 1. The van der Waals surface area contributed by atoms with E-state index in [-0.39, 0.29) is 11.3 Å². The molecule has 1 fully saturated rings. The fraction of sp³-hybridized carbons (Fsp3) is 0.179. The monoisotopic (exact) mass is 516 g/mol. The maximum absolute atomic E-state index is 13.5. The van der Waals surface area contributed by atoms with Gasteiger partial charge in [0.05, 0.1) is 43.2 Å². The lowest BCUT2D eigenvalue weighted by atomic mass is 9.95. The molecule has 1 aliphatic rings. The van der Waals surface area contributed by atoms with Gasteiger partial charge in [-0.25, -0.2) is 4.98 Å². The molecule has 5 rings (SSSR count). The molecule has 0 bridgehead atoms. The Hall–Kier alpha value is -4.37. The Bertz CT molecular complexity index is 1560. The van der Waals surface area contributed by atoms with Crippen molar-refractivity contribution in [3.63, 3.8) is 0 Å². The predicted octanol–water partition coefficient (Wildman–Crippen LogP) is 5.26. The lowest BCUT2D eigenvalue weighted by Gasteiger charge is -2.23. The molecule has 0 saturated carbocycles. The third-order valence-electron chi connectivity index (χ3n) is 6.28. The Kier molecular flexibility index (Phi) is 6.31. The lowest BCUT2D eigenvalue weighted by Crippen LogP contribution is -2.29. The Morgan fingerprint density at radius 2 is 1.65 bits per heavy atom. The predicted molar refractivity (Wildman–Crippen MR) is 142 cm³/mol. The third-order valence-corrected chi connectivity index (χ3v) is 7.30. The average molecular weight is 517 g/mol. The van der Waals surface area contributed by atoms with E-state index in [0.29, 0.717) is 39.0 Å². The summed E-state index contributed by atoms with van der Waals surface area (Å²) in [5, 5.41) is 11.6. The number of ketones is 1. The zero-order valence-electron chi connectivity index (χ0n) is 20.6. The van der Waals surface area contributed by atoms with Crippen LogP contribution in [0.3, 0.4) is 0 Å². The Morgan fingerprint density at radius 3 is 2.32 bits per heavy atom. The highest BCUT2D eigenvalue weighted by Gasteiger charge is 2.48. The number of anilines is 1. The van der Waals surface area contributed by atoms with Gasteiger partial charge in [0.1, 0.15) is 11.5 Å². The first-order chi connectivity index (χ1) is 17.9. The van der Waals surface area contributed by atoms with E-state index in [0.717, 1.165) is 10.3 Å². The highest BCUT2D eigenvalue weighted by atomic mass is 32.1. The fourth-order valence-electron chi connectivity index (χ4n) is 4.36. The molecule has 2 heterocycles. The summed E-state index contributed by atoms with van der Waals surface area (Å²) in [7, 11) is 4.60. The number of aliphatic hydroxyl groups is 1. The van der Waals surface area contributed by atoms with Crippen molar-refractivity contribution in [2.45, 2.75) is 13.0 Å². The summed E-state index contributed by atoms with van der Waals surface area (Å²) in [6.45, 7) is 1.93. The molecular weight excluding hydrogens is 492 g/mol. The van der Waals surface area contributed by atoms with Crippen LogP contribution in [0.15, 0.2) is 66.2 Å². The summed E-state index contributed by atoms with van der Waals surface area (Å²) in [4.78, 5) is 32.9. The first-order valence-electron chi connectivity index (χ1n) is 11.4. The van der Waals surface area contributed by atoms with Gasteiger partial charge in [-0.3, -0.25) is 14.5 Å². The quantitative estimate of drug-likeness (QED) is 0.212. The van der Waals surface area contributed by atoms with Crippen molar-refractivity contribution < 1.29 is 28.9 Å². The van der Waals surface area contributed by atoms with Crippen molar-refractivity contribution in [3.05, 3.63) is 82.9 Å². The van der Waals surface area contributed by atoms with E-state index in [4.69, 9.17) is 14.2 Å². The SMILES string of the molecule is COc1ccc2nc(N3C(=O)C(=O)C(=C(O)c4ccc(C)cc4)C3c3ccc(OC)c(OC)c3)sc2c1. The zero-order chi connectivity index (χ0) is 26.3. The molecule has 0 aliphatic carbocycles. The van der Waals surface area contributed by atoms with Crippen LogP contribution in [0.5, 0.6) is 17.2 Å². The van der Waals surface area contributed by atoms with Gasteiger partial charge in [0.25, 0.3) is 5.78 Å². The summed E-state index contributed by atoms with van der Waals surface area (Å²) < 4.78 is 17.0. The van der Waals surface area contributed by atoms with Gasteiger partial charge in [-0.05, 0) is 42.8 Å². The lowest BCUT2D eigenvalue weighted by molar-refractivity contribution is -0.132. The molecule has 0 spiro atoms. The molecule has 1 aliphatic heterocycles. The maximum atomic E-state index is 13.5. The molecule has 1 amide bonds. The molecule has 1 aromatic heterocycles. The third kappa shape index (κ3) is 4.17. The number of aryl methyl sites for hydroxylation is 1. The van der Waals surface area contributed by atoms with Gasteiger partial charge in [0.15, 0.2) is 16.6 Å². The number of Topliss-reactive ketones (excluding diaryl/α,β-unsaturated/α-hetero) is 1. The van der Waals surface area contributed by atoms with Crippen LogP contribution in [0.1, 0.15) is 22.7 Å². The molecular formula is C28H24N2O6S. The van der Waals surface area contributed by atoms with Gasteiger partial charge in [0.2, 0.25) is 0 Å². The topological polar surface area (TPSA) is 98.2 Å². The van der Waals surface area contributed by atoms with Crippen LogP contribution in [-0.4, -0.2) is 43.1 Å². The number of benzene rings is 3. The van der Waals surface area contributed by atoms with E-state index in [2.05, 4.69) is 4.98 Å². The number of hydrogen-bond acceptors (Lipinski definition) is 8. The van der Waals surface area contributed by atoms with Crippen LogP contribution in [0.25, 0.3) is 16.0 Å². The van der Waals surface area contributed by atoms with Gasteiger partial charge in [-0.15, -0.1) is 0 Å². The van der Waals surface area contributed by atoms with Crippen LogP contribution < -0.4 is 19.1 Å². The Labute approximate surface area is 217 Å². The number of amides is 1. The minimum absolute atomic E-state index is 0.0297. The second-order valence-electron chi connectivity index (χ2n) is 8.48. The Balaban J connectivity index is 1.73. The van der Waals surface area contributed by atoms with E-state index >= 15 is 0 Å². The molecule has 188 valence electrons. The summed E-state index contributed by atoms with van der Waals surface area (Å²) in [6, 6.07) is 16.7. The Morgan fingerprint density at radius 1 is 0.919 bits per heavy atom. The van der Waals surface area contributed by atoms with E-state index in [1.807, 2.05) is 25.1 Å². The van der Waals surface area contributed by atoms with Crippen LogP contribution in [-0.2, 0) is 9.59 Å². The minimum atomic E-state index is -0.941. The molecule has 1 unspecified atom stereocenters.